The Kier molecular flexibility index (Phi) is 5.41. The molecule has 28 heavy (non-hydrogen) atoms. The third kappa shape index (κ3) is 4.30. The predicted octanol–water partition coefficient (Wildman–Crippen LogP) is 1.79. The maximum Gasteiger partial charge on any atom is 0.416 e. The van der Waals surface area contributed by atoms with Crippen LogP contribution in [0.15, 0.2) is 29.1 Å². The highest BCUT2D eigenvalue weighted by Gasteiger charge is 2.31. The summed E-state index contributed by atoms with van der Waals surface area (Å²) in [6, 6.07) is 4.57. The van der Waals surface area contributed by atoms with Gasteiger partial charge in [-0.15, -0.1) is 0 Å². The van der Waals surface area contributed by atoms with Gasteiger partial charge in [-0.25, -0.2) is 22.2 Å². The van der Waals surface area contributed by atoms with Crippen LogP contribution in [-0.2, 0) is 29.8 Å². The van der Waals surface area contributed by atoms with E-state index in [0.717, 1.165) is 18.4 Å². The Morgan fingerprint density at radius 1 is 1.21 bits per heavy atom. The van der Waals surface area contributed by atoms with E-state index in [1.165, 1.54) is 25.7 Å². The van der Waals surface area contributed by atoms with Gasteiger partial charge in [0.25, 0.3) is 0 Å². The van der Waals surface area contributed by atoms with Crippen molar-refractivity contribution in [2.24, 2.45) is 7.05 Å². The number of aromatic nitrogens is 3. The van der Waals surface area contributed by atoms with Crippen molar-refractivity contribution in [3.63, 3.8) is 0 Å². The molecule has 2 heterocycles. The molecule has 154 valence electrons. The van der Waals surface area contributed by atoms with Gasteiger partial charge in [-0.05, 0) is 30.5 Å². The van der Waals surface area contributed by atoms with Crippen molar-refractivity contribution in [2.45, 2.75) is 31.5 Å². The van der Waals surface area contributed by atoms with Crippen LogP contribution in [0.5, 0.6) is 0 Å². The molecule has 1 saturated heterocycles. The van der Waals surface area contributed by atoms with E-state index < -0.39 is 27.5 Å². The zero-order valence-corrected chi connectivity index (χ0v) is 16.3. The lowest BCUT2D eigenvalue weighted by Crippen LogP contribution is -2.39. The second-order valence-corrected chi connectivity index (χ2v) is 8.99. The summed E-state index contributed by atoms with van der Waals surface area (Å²) in [7, 11) is -1.77. The Morgan fingerprint density at radius 2 is 1.86 bits per heavy atom. The third-order valence-corrected chi connectivity index (χ3v) is 6.18. The van der Waals surface area contributed by atoms with E-state index in [0.29, 0.717) is 30.8 Å². The van der Waals surface area contributed by atoms with Crippen molar-refractivity contribution in [3.05, 3.63) is 51.7 Å². The molecule has 0 N–H and O–H groups in total. The average molecular weight is 418 g/mol. The van der Waals surface area contributed by atoms with E-state index >= 15 is 0 Å². The molecular formula is C17H21F3N4O3S. The van der Waals surface area contributed by atoms with Gasteiger partial charge in [-0.3, -0.25) is 4.57 Å². The van der Waals surface area contributed by atoms with E-state index in [1.807, 2.05) is 0 Å². The fourth-order valence-corrected chi connectivity index (χ4v) is 4.30. The van der Waals surface area contributed by atoms with Crippen LogP contribution in [0.25, 0.3) is 0 Å². The topological polar surface area (TPSA) is 77.2 Å². The number of halogens is 3. The molecule has 1 unspecified atom stereocenters. The van der Waals surface area contributed by atoms with Gasteiger partial charge in [0.15, 0.2) is 0 Å². The maximum atomic E-state index is 12.7. The van der Waals surface area contributed by atoms with Crippen molar-refractivity contribution < 1.29 is 21.6 Å². The lowest BCUT2D eigenvalue weighted by atomic mass is 9.99. The minimum atomic E-state index is -4.42. The molecule has 0 bridgehead atoms. The fourth-order valence-electron chi connectivity index (χ4n) is 3.39. The molecule has 0 saturated carbocycles. The highest BCUT2D eigenvalue weighted by molar-refractivity contribution is 7.88. The number of hydrogen-bond donors (Lipinski definition) is 0. The molecule has 1 aromatic carbocycles. The number of nitrogens with zero attached hydrogens (tertiary/aromatic N) is 4. The van der Waals surface area contributed by atoms with Crippen LogP contribution in [0.1, 0.15) is 35.7 Å². The number of piperidine rings is 1. The van der Waals surface area contributed by atoms with E-state index in [4.69, 9.17) is 0 Å². The van der Waals surface area contributed by atoms with Gasteiger partial charge in [-0.1, -0.05) is 12.1 Å². The lowest BCUT2D eigenvalue weighted by Gasteiger charge is -2.30. The maximum absolute atomic E-state index is 12.7. The second kappa shape index (κ2) is 7.36. The zero-order valence-electron chi connectivity index (χ0n) is 15.5. The van der Waals surface area contributed by atoms with Gasteiger partial charge in [0.2, 0.25) is 10.0 Å². The predicted molar refractivity (Wildman–Crippen MR) is 96.4 cm³/mol. The van der Waals surface area contributed by atoms with Crippen LogP contribution >= 0.6 is 0 Å². The molecule has 2 aromatic rings. The SMILES string of the molecule is Cn1c(C2CCCN(S(C)(=O)=O)C2)nn(Cc2ccc(C(F)(F)F)cc2)c1=O. The summed E-state index contributed by atoms with van der Waals surface area (Å²) >= 11 is 0. The van der Waals surface area contributed by atoms with Crippen LogP contribution in [0.2, 0.25) is 0 Å². The first-order chi connectivity index (χ1) is 13.0. The molecule has 0 radical (unpaired) electrons. The Labute approximate surface area is 160 Å². The van der Waals surface area contributed by atoms with Crippen molar-refractivity contribution in [2.75, 3.05) is 19.3 Å². The highest BCUT2D eigenvalue weighted by Crippen LogP contribution is 2.29. The minimum Gasteiger partial charge on any atom is -0.282 e. The van der Waals surface area contributed by atoms with Gasteiger partial charge in [0.1, 0.15) is 5.82 Å². The number of benzene rings is 1. The Balaban J connectivity index is 1.83. The van der Waals surface area contributed by atoms with Crippen molar-refractivity contribution in [3.8, 4) is 0 Å². The largest absolute Gasteiger partial charge is 0.416 e. The summed E-state index contributed by atoms with van der Waals surface area (Å²) in [5.74, 6) is 0.264. The van der Waals surface area contributed by atoms with Crippen LogP contribution in [-0.4, -0.2) is 46.4 Å². The van der Waals surface area contributed by atoms with Crippen LogP contribution in [0.4, 0.5) is 13.2 Å². The molecule has 11 heteroatoms. The summed E-state index contributed by atoms with van der Waals surface area (Å²) < 4.78 is 65.6. The summed E-state index contributed by atoms with van der Waals surface area (Å²) in [4.78, 5) is 12.5. The molecule has 1 aromatic heterocycles. The number of sulfonamides is 1. The first kappa shape index (κ1) is 20.6. The summed E-state index contributed by atoms with van der Waals surface area (Å²) in [6.45, 7) is 0.728. The fraction of sp³-hybridized carbons (Fsp3) is 0.529. The molecule has 0 aliphatic carbocycles. The molecule has 1 fully saturated rings. The van der Waals surface area contributed by atoms with Crippen LogP contribution in [0, 0.1) is 0 Å². The lowest BCUT2D eigenvalue weighted by molar-refractivity contribution is -0.137. The summed E-state index contributed by atoms with van der Waals surface area (Å²) in [5.41, 5.74) is -0.638. The summed E-state index contributed by atoms with van der Waals surface area (Å²) in [6.07, 6.45) is -1.90. The van der Waals surface area contributed by atoms with E-state index in [1.54, 1.807) is 7.05 Å². The van der Waals surface area contributed by atoms with Crippen LogP contribution in [0.3, 0.4) is 0 Å². The molecular weight excluding hydrogens is 397 g/mol. The quantitative estimate of drug-likeness (QED) is 0.759. The highest BCUT2D eigenvalue weighted by atomic mass is 32.2. The van der Waals surface area contributed by atoms with Gasteiger partial charge >= 0.3 is 11.9 Å². The van der Waals surface area contributed by atoms with Gasteiger partial charge < -0.3 is 0 Å². The van der Waals surface area contributed by atoms with Crippen LogP contribution < -0.4 is 5.69 Å². The average Bonchev–Trinajstić information content (AvgIpc) is 2.89. The van der Waals surface area contributed by atoms with E-state index in [9.17, 15) is 26.4 Å². The van der Waals surface area contributed by atoms with Crippen molar-refractivity contribution in [1.82, 2.24) is 18.7 Å². The second-order valence-electron chi connectivity index (χ2n) is 7.01. The third-order valence-electron chi connectivity index (χ3n) is 4.91. The number of hydrogen-bond acceptors (Lipinski definition) is 4. The standard InChI is InChI=1S/C17H21F3N4O3S/c1-22-15(13-4-3-9-23(11-13)28(2,26)27)21-24(16(22)25)10-12-5-7-14(8-6-12)17(18,19)20/h5-8,13H,3-4,9-11H2,1-2H3. The molecule has 1 aliphatic rings. The summed E-state index contributed by atoms with van der Waals surface area (Å²) in [5, 5.41) is 4.34. The molecule has 0 amide bonds. The van der Waals surface area contributed by atoms with E-state index in [-0.39, 0.29) is 19.0 Å². The molecule has 1 atom stereocenters. The molecule has 1 aliphatic heterocycles. The first-order valence-electron chi connectivity index (χ1n) is 8.72. The number of alkyl halides is 3. The van der Waals surface area contributed by atoms with Gasteiger partial charge in [0.05, 0.1) is 18.4 Å². The normalized spacial score (nSPS) is 19.1. The van der Waals surface area contributed by atoms with Gasteiger partial charge in [-0.2, -0.15) is 18.3 Å². The van der Waals surface area contributed by atoms with Crippen molar-refractivity contribution in [1.29, 1.82) is 0 Å². The molecule has 7 nitrogen and oxygen atoms in total. The van der Waals surface area contributed by atoms with E-state index in [2.05, 4.69) is 5.10 Å². The first-order valence-corrected chi connectivity index (χ1v) is 10.6. The monoisotopic (exact) mass is 418 g/mol. The Hall–Kier alpha value is -2.14. The molecule has 3 rings (SSSR count). The smallest absolute Gasteiger partial charge is 0.282 e. The Morgan fingerprint density at radius 3 is 2.43 bits per heavy atom. The Bertz CT molecular complexity index is 1010. The van der Waals surface area contributed by atoms with Crippen molar-refractivity contribution >= 4 is 10.0 Å². The molecule has 0 spiro atoms. The number of rotatable bonds is 4. The van der Waals surface area contributed by atoms with Gasteiger partial charge in [0, 0.05) is 26.1 Å². The zero-order chi connectivity index (χ0) is 20.7. The minimum absolute atomic E-state index is 0.0350.